The average Bonchev–Trinajstić information content (AvgIpc) is 3.22. The largest absolute Gasteiger partial charge is 0.373 e. The van der Waals surface area contributed by atoms with Gasteiger partial charge in [-0.1, -0.05) is 32.0 Å². The van der Waals surface area contributed by atoms with Crippen LogP contribution in [0.25, 0.3) is 11.2 Å². The summed E-state index contributed by atoms with van der Waals surface area (Å²) in [5.41, 5.74) is 1.52. The van der Waals surface area contributed by atoms with Crippen LogP contribution in [-0.2, 0) is 9.47 Å². The molecule has 0 spiro atoms. The number of benzene rings is 1. The van der Waals surface area contributed by atoms with E-state index in [0.717, 1.165) is 12.8 Å². The van der Waals surface area contributed by atoms with Crippen molar-refractivity contribution in [1.29, 1.82) is 0 Å². The maximum absolute atomic E-state index is 12.5. The van der Waals surface area contributed by atoms with Crippen molar-refractivity contribution in [2.45, 2.75) is 44.6 Å². The van der Waals surface area contributed by atoms with Crippen LogP contribution in [0.2, 0.25) is 0 Å². The van der Waals surface area contributed by atoms with Crippen LogP contribution >= 0.6 is 0 Å². The van der Waals surface area contributed by atoms with Crippen molar-refractivity contribution in [1.82, 2.24) is 19.5 Å². The van der Waals surface area contributed by atoms with Gasteiger partial charge in [-0.25, -0.2) is 15.0 Å². The molecule has 1 aromatic carbocycles. The summed E-state index contributed by atoms with van der Waals surface area (Å²) in [6.45, 7) is 5.04. The Hall–Kier alpha value is -2.84. The van der Waals surface area contributed by atoms with E-state index in [4.69, 9.17) is 9.47 Å². The zero-order chi connectivity index (χ0) is 20.0. The molecule has 1 N–H and O–H groups in total. The van der Waals surface area contributed by atoms with Gasteiger partial charge >= 0.3 is 0 Å². The van der Waals surface area contributed by atoms with E-state index in [1.54, 1.807) is 18.5 Å². The Labute approximate surface area is 168 Å². The second-order valence-electron chi connectivity index (χ2n) is 7.67. The monoisotopic (exact) mass is 393 g/mol. The van der Waals surface area contributed by atoms with Crippen molar-refractivity contribution in [3.05, 3.63) is 48.5 Å². The van der Waals surface area contributed by atoms with Gasteiger partial charge in [0.05, 0.1) is 11.9 Å². The van der Waals surface area contributed by atoms with Crippen LogP contribution in [0.1, 0.15) is 43.3 Å². The minimum absolute atomic E-state index is 0.0570. The third-order valence-corrected chi connectivity index (χ3v) is 6.29. The van der Waals surface area contributed by atoms with Gasteiger partial charge in [0.2, 0.25) is 0 Å². The molecule has 5 rings (SSSR count). The van der Waals surface area contributed by atoms with Crippen LogP contribution in [0.3, 0.4) is 0 Å². The molecule has 2 aliphatic rings. The number of amides is 1. The fourth-order valence-corrected chi connectivity index (χ4v) is 4.54. The predicted molar refractivity (Wildman–Crippen MR) is 106 cm³/mol. The highest BCUT2D eigenvalue weighted by atomic mass is 16.6. The number of hydrogen-bond acceptors (Lipinski definition) is 6. The van der Waals surface area contributed by atoms with Crippen LogP contribution in [-0.4, -0.2) is 43.7 Å². The molecule has 0 saturated carbocycles. The summed E-state index contributed by atoms with van der Waals surface area (Å²) in [5.74, 6) is 0.417. The standard InChI is InChI=1S/C21H23N5O3/c1-3-21-9-10-28-16(13(21)2)20(29-21)26-12-24-15-17(22-11-23-18(15)26)25-19(27)14-7-5-4-6-8-14/h4-8,11-13,16,20H,3,9-10H2,1-2H3,(H,22,23,25,27)/t13-,16+,20+,21-/m0/s1. The van der Waals surface area contributed by atoms with E-state index in [2.05, 4.69) is 34.1 Å². The van der Waals surface area contributed by atoms with Crippen LogP contribution in [0.15, 0.2) is 43.0 Å². The van der Waals surface area contributed by atoms with Gasteiger partial charge in [0.25, 0.3) is 5.91 Å². The molecule has 2 aromatic heterocycles. The van der Waals surface area contributed by atoms with Crippen molar-refractivity contribution >= 4 is 22.9 Å². The lowest BCUT2D eigenvalue weighted by Crippen LogP contribution is -2.42. The zero-order valence-electron chi connectivity index (χ0n) is 16.4. The molecular formula is C21H23N5O3. The van der Waals surface area contributed by atoms with Gasteiger partial charge in [0.15, 0.2) is 23.2 Å². The SMILES string of the molecule is CC[C@@]12CCO[C@@H]([C@H](n3cnc4c(NC(=O)c5ccccc5)ncnc43)O1)[C@@H]2C. The van der Waals surface area contributed by atoms with Gasteiger partial charge in [0.1, 0.15) is 12.4 Å². The van der Waals surface area contributed by atoms with Gasteiger partial charge in [-0.05, 0) is 18.6 Å². The maximum Gasteiger partial charge on any atom is 0.256 e. The third-order valence-electron chi connectivity index (χ3n) is 6.29. The number of carbonyl (C=O) groups is 1. The first-order chi connectivity index (χ1) is 14.1. The van der Waals surface area contributed by atoms with Gasteiger partial charge in [0, 0.05) is 24.5 Å². The first-order valence-electron chi connectivity index (χ1n) is 9.96. The number of imidazole rings is 1. The number of fused-ring (bicyclic) bond motifs is 3. The van der Waals surface area contributed by atoms with Crippen molar-refractivity contribution in [2.24, 2.45) is 5.92 Å². The van der Waals surface area contributed by atoms with E-state index in [1.807, 2.05) is 22.8 Å². The molecule has 29 heavy (non-hydrogen) atoms. The summed E-state index contributed by atoms with van der Waals surface area (Å²) in [7, 11) is 0. The number of nitrogens with zero attached hydrogens (tertiary/aromatic N) is 4. The predicted octanol–water partition coefficient (Wildman–Crippen LogP) is 3.18. The van der Waals surface area contributed by atoms with Crippen LogP contribution < -0.4 is 5.32 Å². The van der Waals surface area contributed by atoms with E-state index in [1.165, 1.54) is 6.33 Å². The molecule has 3 aromatic rings. The minimum atomic E-state index is -0.301. The van der Waals surface area contributed by atoms with Gasteiger partial charge in [-0.3, -0.25) is 9.36 Å². The Morgan fingerprint density at radius 1 is 1.28 bits per heavy atom. The topological polar surface area (TPSA) is 91.2 Å². The second-order valence-corrected chi connectivity index (χ2v) is 7.67. The highest BCUT2D eigenvalue weighted by molar-refractivity contribution is 6.06. The lowest BCUT2D eigenvalue weighted by Gasteiger charge is -2.35. The Morgan fingerprint density at radius 2 is 2.10 bits per heavy atom. The first-order valence-corrected chi connectivity index (χ1v) is 9.96. The van der Waals surface area contributed by atoms with E-state index >= 15 is 0 Å². The van der Waals surface area contributed by atoms with Crippen molar-refractivity contribution in [3.8, 4) is 0 Å². The molecule has 2 fully saturated rings. The van der Waals surface area contributed by atoms with Gasteiger partial charge in [-0.15, -0.1) is 0 Å². The number of aromatic nitrogens is 4. The van der Waals surface area contributed by atoms with E-state index in [9.17, 15) is 4.79 Å². The lowest BCUT2D eigenvalue weighted by atomic mass is 9.81. The number of hydrogen-bond donors (Lipinski definition) is 1. The Balaban J connectivity index is 1.49. The van der Waals surface area contributed by atoms with E-state index in [0.29, 0.717) is 29.2 Å². The molecule has 0 unspecified atom stereocenters. The molecule has 2 aliphatic heterocycles. The molecule has 2 bridgehead atoms. The maximum atomic E-state index is 12.5. The number of ether oxygens (including phenoxy) is 2. The Bertz CT molecular complexity index is 1050. The number of nitrogens with one attached hydrogen (secondary N) is 1. The van der Waals surface area contributed by atoms with E-state index < -0.39 is 0 Å². The van der Waals surface area contributed by atoms with Crippen LogP contribution in [0, 0.1) is 5.92 Å². The number of carbonyl (C=O) groups excluding carboxylic acids is 1. The van der Waals surface area contributed by atoms with Crippen LogP contribution in [0.4, 0.5) is 5.82 Å². The molecule has 4 heterocycles. The fourth-order valence-electron chi connectivity index (χ4n) is 4.54. The molecule has 1 amide bonds. The first kappa shape index (κ1) is 18.2. The van der Waals surface area contributed by atoms with Crippen molar-refractivity contribution in [3.63, 3.8) is 0 Å². The summed E-state index contributed by atoms with van der Waals surface area (Å²) in [6.07, 6.45) is 4.59. The molecule has 4 atom stereocenters. The molecule has 0 radical (unpaired) electrons. The van der Waals surface area contributed by atoms with Gasteiger partial charge < -0.3 is 14.8 Å². The molecule has 0 aliphatic carbocycles. The van der Waals surface area contributed by atoms with Crippen molar-refractivity contribution < 1.29 is 14.3 Å². The van der Waals surface area contributed by atoms with E-state index in [-0.39, 0.29) is 29.8 Å². The average molecular weight is 393 g/mol. The zero-order valence-corrected chi connectivity index (χ0v) is 16.4. The second kappa shape index (κ2) is 6.89. The number of anilines is 1. The summed E-state index contributed by atoms with van der Waals surface area (Å²) in [5, 5.41) is 2.84. The lowest BCUT2D eigenvalue weighted by molar-refractivity contribution is -0.0859. The summed E-state index contributed by atoms with van der Waals surface area (Å²) in [4.78, 5) is 25.7. The molecule has 8 nitrogen and oxygen atoms in total. The Kier molecular flexibility index (Phi) is 4.33. The fraction of sp³-hybridized carbons (Fsp3) is 0.429. The van der Waals surface area contributed by atoms with Crippen molar-refractivity contribution in [2.75, 3.05) is 11.9 Å². The normalized spacial score (nSPS) is 28.6. The Morgan fingerprint density at radius 3 is 2.86 bits per heavy atom. The molecule has 8 heteroatoms. The highest BCUT2D eigenvalue weighted by Gasteiger charge is 2.55. The van der Waals surface area contributed by atoms with Crippen LogP contribution in [0.5, 0.6) is 0 Å². The quantitative estimate of drug-likeness (QED) is 0.732. The summed E-state index contributed by atoms with van der Waals surface area (Å²) in [6, 6.07) is 9.01. The molecule has 150 valence electrons. The smallest absolute Gasteiger partial charge is 0.256 e. The third kappa shape index (κ3) is 2.82. The summed E-state index contributed by atoms with van der Waals surface area (Å²) >= 11 is 0. The minimum Gasteiger partial charge on any atom is -0.373 e. The number of rotatable bonds is 4. The molecule has 2 saturated heterocycles. The summed E-state index contributed by atoms with van der Waals surface area (Å²) < 4.78 is 14.5. The highest BCUT2D eigenvalue weighted by Crippen LogP contribution is 2.50. The molecular weight excluding hydrogens is 370 g/mol. The van der Waals surface area contributed by atoms with Gasteiger partial charge in [-0.2, -0.15) is 0 Å².